The van der Waals surface area contributed by atoms with Crippen molar-refractivity contribution < 1.29 is 9.53 Å². The predicted molar refractivity (Wildman–Crippen MR) is 103 cm³/mol. The molecule has 1 aromatic heterocycles. The van der Waals surface area contributed by atoms with E-state index in [0.717, 1.165) is 27.7 Å². The van der Waals surface area contributed by atoms with Crippen molar-refractivity contribution in [2.24, 2.45) is 7.05 Å². The molecule has 0 atom stereocenters. The number of anilines is 1. The van der Waals surface area contributed by atoms with E-state index in [9.17, 15) is 4.79 Å². The summed E-state index contributed by atoms with van der Waals surface area (Å²) in [5.74, 6) is 1.87. The number of amides is 1. The minimum absolute atomic E-state index is 0.0565. The van der Waals surface area contributed by atoms with Gasteiger partial charge >= 0.3 is 0 Å². The fraction of sp³-hybridized carbons (Fsp3) is 0.211. The van der Waals surface area contributed by atoms with E-state index < -0.39 is 0 Å². The topological polar surface area (TPSA) is 69.0 Å². The third kappa shape index (κ3) is 4.64. The van der Waals surface area contributed by atoms with Gasteiger partial charge in [-0.2, -0.15) is 0 Å². The number of ether oxygens (including phenoxy) is 1. The second-order valence-electron chi connectivity index (χ2n) is 5.59. The Labute approximate surface area is 156 Å². The molecule has 0 aliphatic carbocycles. The maximum Gasteiger partial charge on any atom is 0.234 e. The van der Waals surface area contributed by atoms with Gasteiger partial charge in [-0.1, -0.05) is 12.1 Å². The van der Waals surface area contributed by atoms with Crippen molar-refractivity contribution in [2.45, 2.75) is 11.8 Å². The largest absolute Gasteiger partial charge is 0.494 e. The molecule has 134 valence electrons. The molecule has 0 bridgehead atoms. The number of rotatable bonds is 7. The molecule has 0 saturated carbocycles. The van der Waals surface area contributed by atoms with Gasteiger partial charge in [0.05, 0.1) is 12.4 Å². The molecule has 0 saturated heterocycles. The molecular formula is C19H20N4O2S. The van der Waals surface area contributed by atoms with Gasteiger partial charge in [0.2, 0.25) is 5.91 Å². The zero-order valence-corrected chi connectivity index (χ0v) is 15.5. The number of aromatic nitrogens is 3. The maximum absolute atomic E-state index is 12.2. The van der Waals surface area contributed by atoms with Gasteiger partial charge < -0.3 is 14.6 Å². The molecule has 0 aliphatic heterocycles. The summed E-state index contributed by atoms with van der Waals surface area (Å²) in [5, 5.41) is 10.9. The lowest BCUT2D eigenvalue weighted by Crippen LogP contribution is -2.14. The average Bonchev–Trinajstić information content (AvgIpc) is 3.08. The van der Waals surface area contributed by atoms with Crippen LogP contribution in [0.2, 0.25) is 0 Å². The number of carbonyl (C=O) groups is 1. The highest BCUT2D eigenvalue weighted by Gasteiger charge is 2.08. The minimum atomic E-state index is -0.0565. The highest BCUT2D eigenvalue weighted by Crippen LogP contribution is 2.23. The van der Waals surface area contributed by atoms with Crippen LogP contribution in [0.25, 0.3) is 11.4 Å². The van der Waals surface area contributed by atoms with Gasteiger partial charge in [-0.05, 0) is 43.3 Å². The predicted octanol–water partition coefficient (Wildman–Crippen LogP) is 3.61. The molecule has 7 heteroatoms. The molecule has 0 fully saturated rings. The first kappa shape index (κ1) is 18.0. The zero-order valence-electron chi connectivity index (χ0n) is 14.7. The Morgan fingerprint density at radius 1 is 1.23 bits per heavy atom. The smallest absolute Gasteiger partial charge is 0.234 e. The molecule has 6 nitrogen and oxygen atoms in total. The maximum atomic E-state index is 12.2. The van der Waals surface area contributed by atoms with Gasteiger partial charge in [-0.15, -0.1) is 22.0 Å². The Morgan fingerprint density at radius 3 is 2.73 bits per heavy atom. The first-order chi connectivity index (χ1) is 12.7. The number of benzene rings is 2. The fourth-order valence-electron chi connectivity index (χ4n) is 2.43. The Kier molecular flexibility index (Phi) is 5.91. The van der Waals surface area contributed by atoms with Crippen molar-refractivity contribution in [2.75, 3.05) is 17.7 Å². The van der Waals surface area contributed by atoms with E-state index in [1.807, 2.05) is 67.1 Å². The number of aryl methyl sites for hydroxylation is 1. The monoisotopic (exact) mass is 368 g/mol. The lowest BCUT2D eigenvalue weighted by atomic mass is 10.2. The number of thioether (sulfide) groups is 1. The van der Waals surface area contributed by atoms with E-state index in [4.69, 9.17) is 4.74 Å². The van der Waals surface area contributed by atoms with Crippen LogP contribution in [-0.2, 0) is 11.8 Å². The highest BCUT2D eigenvalue weighted by molar-refractivity contribution is 8.00. The number of hydrogen-bond acceptors (Lipinski definition) is 5. The second kappa shape index (κ2) is 8.53. The molecule has 0 unspecified atom stereocenters. The van der Waals surface area contributed by atoms with Crippen LogP contribution in [0.1, 0.15) is 6.92 Å². The Bertz CT molecular complexity index is 877. The van der Waals surface area contributed by atoms with Crippen molar-refractivity contribution >= 4 is 23.4 Å². The van der Waals surface area contributed by atoms with Gasteiger partial charge in [-0.3, -0.25) is 4.79 Å². The lowest BCUT2D eigenvalue weighted by molar-refractivity contribution is -0.113. The van der Waals surface area contributed by atoms with Crippen molar-refractivity contribution in [3.63, 3.8) is 0 Å². The standard InChI is InChI=1S/C19H20N4O2S/c1-3-25-16-7-9-17(10-8-16)26-12-18(24)21-15-6-4-5-14(11-15)19-22-20-13-23(19)2/h4-11,13H,3,12H2,1-2H3,(H,21,24). The second-order valence-corrected chi connectivity index (χ2v) is 6.64. The van der Waals surface area contributed by atoms with Crippen LogP contribution in [0.3, 0.4) is 0 Å². The third-order valence-electron chi connectivity index (χ3n) is 3.62. The first-order valence-electron chi connectivity index (χ1n) is 8.25. The van der Waals surface area contributed by atoms with E-state index in [-0.39, 0.29) is 5.91 Å². The van der Waals surface area contributed by atoms with Gasteiger partial charge in [-0.25, -0.2) is 0 Å². The third-order valence-corrected chi connectivity index (χ3v) is 4.63. The number of nitrogens with zero attached hydrogens (tertiary/aromatic N) is 3. The van der Waals surface area contributed by atoms with Crippen LogP contribution in [0.4, 0.5) is 5.69 Å². The Hall–Kier alpha value is -2.80. The Morgan fingerprint density at radius 2 is 2.04 bits per heavy atom. The quantitative estimate of drug-likeness (QED) is 0.645. The van der Waals surface area contributed by atoms with E-state index in [0.29, 0.717) is 12.4 Å². The molecule has 3 rings (SSSR count). The van der Waals surface area contributed by atoms with E-state index in [1.165, 1.54) is 11.8 Å². The van der Waals surface area contributed by atoms with Crippen molar-refractivity contribution in [3.05, 3.63) is 54.9 Å². The SMILES string of the molecule is CCOc1ccc(SCC(=O)Nc2cccc(-c3nncn3C)c2)cc1. The van der Waals surface area contributed by atoms with E-state index in [2.05, 4.69) is 15.5 Å². The molecule has 1 N–H and O–H groups in total. The van der Waals surface area contributed by atoms with Crippen LogP contribution in [0, 0.1) is 0 Å². The minimum Gasteiger partial charge on any atom is -0.494 e. The summed E-state index contributed by atoms with van der Waals surface area (Å²) >= 11 is 1.48. The van der Waals surface area contributed by atoms with Gasteiger partial charge in [0.25, 0.3) is 0 Å². The van der Waals surface area contributed by atoms with E-state index >= 15 is 0 Å². The van der Waals surface area contributed by atoms with Crippen molar-refractivity contribution in [3.8, 4) is 17.1 Å². The van der Waals surface area contributed by atoms with Crippen LogP contribution >= 0.6 is 11.8 Å². The highest BCUT2D eigenvalue weighted by atomic mass is 32.2. The summed E-state index contributed by atoms with van der Waals surface area (Å²) in [6.07, 6.45) is 1.65. The van der Waals surface area contributed by atoms with E-state index in [1.54, 1.807) is 6.33 Å². The van der Waals surface area contributed by atoms with Crippen LogP contribution in [-0.4, -0.2) is 33.0 Å². The summed E-state index contributed by atoms with van der Waals surface area (Å²) in [7, 11) is 1.88. The average molecular weight is 368 g/mol. The van der Waals surface area contributed by atoms with Crippen molar-refractivity contribution in [1.29, 1.82) is 0 Å². The summed E-state index contributed by atoms with van der Waals surface area (Å²) < 4.78 is 7.25. The van der Waals surface area contributed by atoms with Gasteiger partial charge in [0.1, 0.15) is 12.1 Å². The van der Waals surface area contributed by atoms with Crippen LogP contribution < -0.4 is 10.1 Å². The summed E-state index contributed by atoms with van der Waals surface area (Å²) in [6.45, 7) is 2.59. The zero-order chi connectivity index (χ0) is 18.4. The van der Waals surface area contributed by atoms with Crippen LogP contribution in [0.15, 0.2) is 59.8 Å². The summed E-state index contributed by atoms with van der Waals surface area (Å²) in [5.41, 5.74) is 1.64. The molecular weight excluding hydrogens is 348 g/mol. The molecule has 0 aliphatic rings. The first-order valence-corrected chi connectivity index (χ1v) is 9.24. The molecule has 0 spiro atoms. The Balaban J connectivity index is 1.57. The molecule has 1 heterocycles. The lowest BCUT2D eigenvalue weighted by Gasteiger charge is -2.08. The number of carbonyl (C=O) groups excluding carboxylic acids is 1. The summed E-state index contributed by atoms with van der Waals surface area (Å²) in [6, 6.07) is 15.3. The van der Waals surface area contributed by atoms with Crippen LogP contribution in [0.5, 0.6) is 5.75 Å². The molecule has 26 heavy (non-hydrogen) atoms. The number of nitrogens with one attached hydrogen (secondary N) is 1. The summed E-state index contributed by atoms with van der Waals surface area (Å²) in [4.78, 5) is 13.3. The number of hydrogen-bond donors (Lipinski definition) is 1. The fourth-order valence-corrected chi connectivity index (χ4v) is 3.12. The molecule has 0 radical (unpaired) electrons. The molecule has 1 amide bonds. The van der Waals surface area contributed by atoms with Gasteiger partial charge in [0, 0.05) is 23.2 Å². The normalized spacial score (nSPS) is 10.5. The van der Waals surface area contributed by atoms with Gasteiger partial charge in [0.15, 0.2) is 5.82 Å². The molecule has 3 aromatic rings. The molecule has 2 aromatic carbocycles. The van der Waals surface area contributed by atoms with Crippen molar-refractivity contribution in [1.82, 2.24) is 14.8 Å².